The van der Waals surface area contributed by atoms with Gasteiger partial charge in [0.05, 0.1) is 36.5 Å². The van der Waals surface area contributed by atoms with Crippen LogP contribution in [0.3, 0.4) is 0 Å². The molecule has 2 aliphatic rings. The van der Waals surface area contributed by atoms with Crippen molar-refractivity contribution in [2.24, 2.45) is 7.05 Å². The Morgan fingerprint density at radius 2 is 1.91 bits per heavy atom. The predicted molar refractivity (Wildman–Crippen MR) is 167 cm³/mol. The number of piperidine rings is 1. The molecule has 4 aromatic rings. The van der Waals surface area contributed by atoms with Crippen molar-refractivity contribution < 1.29 is 14.3 Å². The minimum Gasteiger partial charge on any atom is -0.495 e. The van der Waals surface area contributed by atoms with Crippen LogP contribution in [0.15, 0.2) is 48.7 Å². The number of ether oxygens (including phenoxy) is 2. The van der Waals surface area contributed by atoms with Gasteiger partial charge in [0, 0.05) is 62.7 Å². The lowest BCUT2D eigenvalue weighted by Crippen LogP contribution is -2.45. The number of carbonyl (C=O) groups excluding carboxylic acids is 1. The molecule has 6 rings (SSSR count). The molecule has 1 aliphatic carbocycles. The summed E-state index contributed by atoms with van der Waals surface area (Å²) < 4.78 is 12.8. The number of hydrogen-bond donors (Lipinski definition) is 2. The van der Waals surface area contributed by atoms with E-state index in [1.807, 2.05) is 30.1 Å². The molecule has 0 unspecified atom stereocenters. The summed E-state index contributed by atoms with van der Waals surface area (Å²) in [5.41, 5.74) is 8.75. The molecule has 10 heteroatoms. The summed E-state index contributed by atoms with van der Waals surface area (Å²) in [5.74, 6) is 0.908. The number of amides is 1. The number of fused-ring (bicyclic) bond motifs is 3. The summed E-state index contributed by atoms with van der Waals surface area (Å²) in [6.07, 6.45) is 5.43. The second-order valence-corrected chi connectivity index (χ2v) is 11.3. The fraction of sp³-hybridized carbons (Fsp3) is 0.394. The highest BCUT2D eigenvalue weighted by atomic mass is 16.5. The number of methoxy groups -OCH3 is 2. The van der Waals surface area contributed by atoms with E-state index in [2.05, 4.69) is 51.7 Å². The van der Waals surface area contributed by atoms with Crippen LogP contribution in [0.5, 0.6) is 5.75 Å². The van der Waals surface area contributed by atoms with E-state index in [1.165, 1.54) is 5.56 Å². The van der Waals surface area contributed by atoms with Crippen molar-refractivity contribution in [2.45, 2.75) is 38.6 Å². The SMILES string of the molecule is COCCN1CCC(NC(=O)c2ccc(Nc3ncc4c(n3)-c3c(nn(C)c3-c3ccccc3C)CC4)c(OC)c2)CC1. The van der Waals surface area contributed by atoms with E-state index in [0.717, 1.165) is 85.7 Å². The van der Waals surface area contributed by atoms with Crippen LogP contribution in [0.25, 0.3) is 22.5 Å². The van der Waals surface area contributed by atoms with E-state index in [9.17, 15) is 4.79 Å². The number of anilines is 2. The largest absolute Gasteiger partial charge is 0.495 e. The van der Waals surface area contributed by atoms with Gasteiger partial charge in [0.15, 0.2) is 0 Å². The van der Waals surface area contributed by atoms with Crippen LogP contribution >= 0.6 is 0 Å². The quantitative estimate of drug-likeness (QED) is 0.297. The van der Waals surface area contributed by atoms with Gasteiger partial charge in [-0.1, -0.05) is 24.3 Å². The Morgan fingerprint density at radius 1 is 1.09 bits per heavy atom. The Bertz CT molecular complexity index is 1620. The summed E-state index contributed by atoms with van der Waals surface area (Å²) in [6.45, 7) is 5.68. The van der Waals surface area contributed by atoms with Crippen LogP contribution < -0.4 is 15.4 Å². The number of likely N-dealkylation sites (tertiary alicyclic amines) is 1. The fourth-order valence-corrected chi connectivity index (χ4v) is 6.12. The van der Waals surface area contributed by atoms with E-state index in [-0.39, 0.29) is 11.9 Å². The van der Waals surface area contributed by atoms with Gasteiger partial charge in [0.1, 0.15) is 5.75 Å². The third-order valence-corrected chi connectivity index (χ3v) is 8.50. The van der Waals surface area contributed by atoms with Gasteiger partial charge in [-0.2, -0.15) is 5.10 Å². The average Bonchev–Trinajstić information content (AvgIpc) is 3.37. The molecule has 0 radical (unpaired) electrons. The Morgan fingerprint density at radius 3 is 2.67 bits per heavy atom. The zero-order chi connectivity index (χ0) is 29.9. The van der Waals surface area contributed by atoms with Gasteiger partial charge >= 0.3 is 0 Å². The average molecular weight is 582 g/mol. The number of hydrogen-bond acceptors (Lipinski definition) is 8. The molecular weight excluding hydrogens is 542 g/mol. The number of rotatable bonds is 9. The number of benzene rings is 2. The van der Waals surface area contributed by atoms with Crippen molar-refractivity contribution in [3.8, 4) is 28.3 Å². The maximum atomic E-state index is 13.1. The van der Waals surface area contributed by atoms with Crippen molar-refractivity contribution in [3.63, 3.8) is 0 Å². The Labute approximate surface area is 252 Å². The van der Waals surface area contributed by atoms with Crippen molar-refractivity contribution >= 4 is 17.5 Å². The first-order valence-corrected chi connectivity index (χ1v) is 14.9. The molecule has 2 N–H and O–H groups in total. The molecule has 224 valence electrons. The van der Waals surface area contributed by atoms with Gasteiger partial charge in [-0.25, -0.2) is 9.97 Å². The second-order valence-electron chi connectivity index (χ2n) is 11.3. The molecule has 43 heavy (non-hydrogen) atoms. The first kappa shape index (κ1) is 28.8. The molecule has 10 nitrogen and oxygen atoms in total. The number of nitrogens with one attached hydrogen (secondary N) is 2. The summed E-state index contributed by atoms with van der Waals surface area (Å²) in [6, 6.07) is 13.9. The maximum absolute atomic E-state index is 13.1. The van der Waals surface area contributed by atoms with Gasteiger partial charge in [-0.3, -0.25) is 9.48 Å². The number of nitrogens with zero attached hydrogens (tertiary/aromatic N) is 5. The molecule has 0 bridgehead atoms. The number of carbonyl (C=O) groups is 1. The summed E-state index contributed by atoms with van der Waals surface area (Å²) in [4.78, 5) is 25.1. The van der Waals surface area contributed by atoms with Crippen molar-refractivity contribution in [2.75, 3.05) is 45.8 Å². The van der Waals surface area contributed by atoms with E-state index in [4.69, 9.17) is 19.6 Å². The van der Waals surface area contributed by atoms with Crippen LogP contribution in [-0.4, -0.2) is 77.1 Å². The van der Waals surface area contributed by atoms with E-state index >= 15 is 0 Å². The Hall–Kier alpha value is -4.28. The first-order valence-electron chi connectivity index (χ1n) is 14.9. The van der Waals surface area contributed by atoms with Crippen LogP contribution in [0.1, 0.15) is 40.0 Å². The summed E-state index contributed by atoms with van der Waals surface area (Å²) in [7, 11) is 5.32. The highest BCUT2D eigenvalue weighted by Crippen LogP contribution is 2.40. The van der Waals surface area contributed by atoms with E-state index in [1.54, 1.807) is 20.3 Å². The topological polar surface area (TPSA) is 106 Å². The monoisotopic (exact) mass is 581 g/mol. The number of aryl methyl sites for hydroxylation is 4. The third-order valence-electron chi connectivity index (χ3n) is 8.50. The van der Waals surface area contributed by atoms with Gasteiger partial charge in [-0.05, 0) is 61.9 Å². The van der Waals surface area contributed by atoms with Crippen LogP contribution in [0, 0.1) is 6.92 Å². The molecule has 3 heterocycles. The maximum Gasteiger partial charge on any atom is 0.251 e. The zero-order valence-corrected chi connectivity index (χ0v) is 25.3. The molecular formula is C33H39N7O3. The zero-order valence-electron chi connectivity index (χ0n) is 25.3. The smallest absolute Gasteiger partial charge is 0.251 e. The summed E-state index contributed by atoms with van der Waals surface area (Å²) >= 11 is 0. The fourth-order valence-electron chi connectivity index (χ4n) is 6.12. The van der Waals surface area contributed by atoms with Gasteiger partial charge in [0.25, 0.3) is 5.91 Å². The van der Waals surface area contributed by atoms with Crippen LogP contribution in [0.4, 0.5) is 11.6 Å². The highest BCUT2D eigenvalue weighted by Gasteiger charge is 2.28. The van der Waals surface area contributed by atoms with Gasteiger partial charge < -0.3 is 25.0 Å². The summed E-state index contributed by atoms with van der Waals surface area (Å²) in [5, 5.41) is 11.4. The van der Waals surface area contributed by atoms with E-state index < -0.39 is 0 Å². The molecule has 0 atom stereocenters. The van der Waals surface area contributed by atoms with Crippen LogP contribution in [0.2, 0.25) is 0 Å². The highest BCUT2D eigenvalue weighted by molar-refractivity contribution is 5.95. The first-order chi connectivity index (χ1) is 20.9. The minimum absolute atomic E-state index is 0.0990. The second kappa shape index (κ2) is 12.5. The standard InChI is InChI=1S/C33H39N7O3/c1-21-7-5-6-8-25(21)31-29-27(38-39(31)2)12-10-23-20-34-33(37-30(23)29)36-26-11-9-22(19-28(26)43-4)32(41)35-24-13-15-40(16-14-24)17-18-42-3/h5-9,11,19-20,24H,10,12-18H2,1-4H3,(H,35,41)(H,34,36,37). The van der Waals surface area contributed by atoms with E-state index in [0.29, 0.717) is 22.9 Å². The van der Waals surface area contributed by atoms with Crippen molar-refractivity contribution in [1.82, 2.24) is 30.0 Å². The minimum atomic E-state index is -0.0990. The van der Waals surface area contributed by atoms with Crippen molar-refractivity contribution in [1.29, 1.82) is 0 Å². The molecule has 1 saturated heterocycles. The van der Waals surface area contributed by atoms with Gasteiger partial charge in [0.2, 0.25) is 5.95 Å². The molecule has 0 spiro atoms. The lowest BCUT2D eigenvalue weighted by molar-refractivity contribution is 0.0892. The molecule has 2 aromatic carbocycles. The molecule has 1 aliphatic heterocycles. The third kappa shape index (κ3) is 5.98. The number of aromatic nitrogens is 4. The lowest BCUT2D eigenvalue weighted by atomic mass is 9.90. The van der Waals surface area contributed by atoms with Crippen molar-refractivity contribution in [3.05, 3.63) is 71.0 Å². The molecule has 1 amide bonds. The predicted octanol–water partition coefficient (Wildman–Crippen LogP) is 4.54. The molecule has 0 saturated carbocycles. The van der Waals surface area contributed by atoms with Crippen LogP contribution in [-0.2, 0) is 24.6 Å². The normalized spacial score (nSPS) is 15.1. The lowest BCUT2D eigenvalue weighted by Gasteiger charge is -2.32. The molecule has 1 fully saturated rings. The Kier molecular flexibility index (Phi) is 8.40. The molecule has 2 aromatic heterocycles. The Balaban J connectivity index is 1.21. The van der Waals surface area contributed by atoms with Gasteiger partial charge in [-0.15, -0.1) is 0 Å².